The molecule has 0 aromatic carbocycles. The van der Waals surface area contributed by atoms with Crippen molar-refractivity contribution in [3.63, 3.8) is 0 Å². The third-order valence-electron chi connectivity index (χ3n) is 2.28. The molecule has 1 aromatic heterocycles. The Morgan fingerprint density at radius 2 is 2.20 bits per heavy atom. The van der Waals surface area contributed by atoms with Gasteiger partial charge >= 0.3 is 0 Å². The predicted molar refractivity (Wildman–Crippen MR) is 62.8 cm³/mol. The fourth-order valence-electron chi connectivity index (χ4n) is 1.49. The van der Waals surface area contributed by atoms with Gasteiger partial charge in [0.2, 0.25) is 0 Å². The molecule has 4 nitrogen and oxygen atoms in total. The number of hydrogen-bond donors (Lipinski definition) is 2. The van der Waals surface area contributed by atoms with Gasteiger partial charge in [0, 0.05) is 19.2 Å². The summed E-state index contributed by atoms with van der Waals surface area (Å²) in [6.45, 7) is 5.28. The number of aliphatic hydroxyl groups is 1. The van der Waals surface area contributed by atoms with Gasteiger partial charge in [-0.05, 0) is 32.4 Å². The van der Waals surface area contributed by atoms with E-state index in [0.717, 1.165) is 18.7 Å². The number of anilines is 2. The second-order valence-corrected chi connectivity index (χ2v) is 3.81. The van der Waals surface area contributed by atoms with E-state index in [1.54, 1.807) is 12.3 Å². The maximum absolute atomic E-state index is 8.83. The first kappa shape index (κ1) is 11.8. The number of nitrogens with zero attached hydrogens (tertiary/aromatic N) is 2. The molecule has 1 rings (SSSR count). The number of rotatable bonds is 5. The zero-order chi connectivity index (χ0) is 11.3. The Balaban J connectivity index is 2.74. The number of nitrogen functional groups attached to an aromatic ring is 1. The SMILES string of the molecule is CC(C)N(CCCO)c1ccc(N)nc1. The molecule has 1 aromatic rings. The molecular weight excluding hydrogens is 190 g/mol. The number of hydrogen-bond acceptors (Lipinski definition) is 4. The Bertz CT molecular complexity index is 284. The zero-order valence-corrected chi connectivity index (χ0v) is 9.35. The van der Waals surface area contributed by atoms with E-state index in [1.165, 1.54) is 0 Å². The van der Waals surface area contributed by atoms with E-state index in [2.05, 4.69) is 23.7 Å². The highest BCUT2D eigenvalue weighted by Gasteiger charge is 2.09. The maximum atomic E-state index is 8.83. The van der Waals surface area contributed by atoms with Crippen molar-refractivity contribution in [2.75, 3.05) is 23.8 Å². The van der Waals surface area contributed by atoms with Crippen LogP contribution in [0, 0.1) is 0 Å². The van der Waals surface area contributed by atoms with Gasteiger partial charge in [0.15, 0.2) is 0 Å². The number of aliphatic hydroxyl groups excluding tert-OH is 1. The van der Waals surface area contributed by atoms with Gasteiger partial charge in [-0.3, -0.25) is 0 Å². The van der Waals surface area contributed by atoms with Crippen molar-refractivity contribution in [2.24, 2.45) is 0 Å². The van der Waals surface area contributed by atoms with Crippen LogP contribution < -0.4 is 10.6 Å². The molecule has 4 heteroatoms. The summed E-state index contributed by atoms with van der Waals surface area (Å²) in [6, 6.07) is 4.14. The third-order valence-corrected chi connectivity index (χ3v) is 2.28. The minimum absolute atomic E-state index is 0.214. The van der Waals surface area contributed by atoms with Crippen molar-refractivity contribution in [2.45, 2.75) is 26.3 Å². The molecule has 84 valence electrons. The van der Waals surface area contributed by atoms with Crippen molar-refractivity contribution in [1.82, 2.24) is 4.98 Å². The molecule has 15 heavy (non-hydrogen) atoms. The largest absolute Gasteiger partial charge is 0.396 e. The molecule has 0 unspecified atom stereocenters. The van der Waals surface area contributed by atoms with Crippen molar-refractivity contribution >= 4 is 11.5 Å². The monoisotopic (exact) mass is 209 g/mol. The van der Waals surface area contributed by atoms with Crippen LogP contribution in [0.4, 0.5) is 11.5 Å². The van der Waals surface area contributed by atoms with E-state index in [0.29, 0.717) is 11.9 Å². The van der Waals surface area contributed by atoms with E-state index >= 15 is 0 Å². The van der Waals surface area contributed by atoms with Gasteiger partial charge < -0.3 is 15.7 Å². The predicted octanol–water partition coefficient (Wildman–Crippen LogP) is 1.26. The molecular formula is C11H19N3O. The van der Waals surface area contributed by atoms with Gasteiger partial charge in [-0.25, -0.2) is 4.98 Å². The van der Waals surface area contributed by atoms with Gasteiger partial charge in [0.25, 0.3) is 0 Å². The molecule has 0 aliphatic rings. The average Bonchev–Trinajstić information content (AvgIpc) is 2.21. The van der Waals surface area contributed by atoms with Gasteiger partial charge in [-0.1, -0.05) is 0 Å². The average molecular weight is 209 g/mol. The Kier molecular flexibility index (Phi) is 4.37. The van der Waals surface area contributed by atoms with Crippen LogP contribution in [-0.2, 0) is 0 Å². The zero-order valence-electron chi connectivity index (χ0n) is 9.35. The molecule has 0 saturated heterocycles. The van der Waals surface area contributed by atoms with Crippen LogP contribution in [0.15, 0.2) is 18.3 Å². The van der Waals surface area contributed by atoms with Crippen LogP contribution >= 0.6 is 0 Å². The summed E-state index contributed by atoms with van der Waals surface area (Å²) >= 11 is 0. The van der Waals surface area contributed by atoms with E-state index < -0.39 is 0 Å². The second-order valence-electron chi connectivity index (χ2n) is 3.81. The minimum atomic E-state index is 0.214. The number of pyridine rings is 1. The lowest BCUT2D eigenvalue weighted by Crippen LogP contribution is -2.32. The second kappa shape index (κ2) is 5.56. The lowest BCUT2D eigenvalue weighted by Gasteiger charge is -2.28. The van der Waals surface area contributed by atoms with Gasteiger partial charge in [-0.2, -0.15) is 0 Å². The molecule has 0 atom stereocenters. The molecule has 0 aliphatic heterocycles. The lowest BCUT2D eigenvalue weighted by atomic mass is 10.2. The Labute approximate surface area is 90.7 Å². The fourth-order valence-corrected chi connectivity index (χ4v) is 1.49. The normalized spacial score (nSPS) is 10.7. The van der Waals surface area contributed by atoms with E-state index in [9.17, 15) is 0 Å². The molecule has 0 radical (unpaired) electrons. The standard InChI is InChI=1S/C11H19N3O/c1-9(2)14(6-3-7-15)10-4-5-11(12)13-8-10/h4-5,8-9,15H,3,6-7H2,1-2H3,(H2,12,13). The number of nitrogens with two attached hydrogens (primary N) is 1. The highest BCUT2D eigenvalue weighted by molar-refractivity contribution is 5.48. The highest BCUT2D eigenvalue weighted by atomic mass is 16.3. The van der Waals surface area contributed by atoms with Crippen molar-refractivity contribution in [1.29, 1.82) is 0 Å². The van der Waals surface area contributed by atoms with E-state index in [1.807, 2.05) is 6.07 Å². The molecule has 0 saturated carbocycles. The summed E-state index contributed by atoms with van der Waals surface area (Å²) in [5.41, 5.74) is 6.58. The molecule has 3 N–H and O–H groups in total. The highest BCUT2D eigenvalue weighted by Crippen LogP contribution is 2.16. The topological polar surface area (TPSA) is 62.4 Å². The summed E-state index contributed by atoms with van der Waals surface area (Å²) in [6.07, 6.45) is 2.54. The molecule has 0 aliphatic carbocycles. The van der Waals surface area contributed by atoms with Gasteiger partial charge in [-0.15, -0.1) is 0 Å². The lowest BCUT2D eigenvalue weighted by molar-refractivity contribution is 0.288. The quantitative estimate of drug-likeness (QED) is 0.766. The van der Waals surface area contributed by atoms with Crippen molar-refractivity contribution in [3.8, 4) is 0 Å². The van der Waals surface area contributed by atoms with Gasteiger partial charge in [0.05, 0.1) is 11.9 Å². The van der Waals surface area contributed by atoms with E-state index in [4.69, 9.17) is 10.8 Å². The van der Waals surface area contributed by atoms with Crippen molar-refractivity contribution < 1.29 is 5.11 Å². The Morgan fingerprint density at radius 3 is 2.67 bits per heavy atom. The first-order valence-electron chi connectivity index (χ1n) is 5.24. The number of aromatic nitrogens is 1. The van der Waals surface area contributed by atoms with Crippen LogP contribution in [0.1, 0.15) is 20.3 Å². The Hall–Kier alpha value is -1.29. The Morgan fingerprint density at radius 1 is 1.47 bits per heavy atom. The minimum Gasteiger partial charge on any atom is -0.396 e. The summed E-state index contributed by atoms with van der Waals surface area (Å²) < 4.78 is 0. The van der Waals surface area contributed by atoms with Crippen LogP contribution in [-0.4, -0.2) is 29.3 Å². The molecule has 1 heterocycles. The van der Waals surface area contributed by atoms with Crippen molar-refractivity contribution in [3.05, 3.63) is 18.3 Å². The summed E-state index contributed by atoms with van der Waals surface area (Å²) in [4.78, 5) is 6.26. The maximum Gasteiger partial charge on any atom is 0.123 e. The fraction of sp³-hybridized carbons (Fsp3) is 0.545. The molecule has 0 bridgehead atoms. The summed E-state index contributed by atoms with van der Waals surface area (Å²) in [5, 5.41) is 8.83. The van der Waals surface area contributed by atoms with Crippen LogP contribution in [0.2, 0.25) is 0 Å². The van der Waals surface area contributed by atoms with Crippen LogP contribution in [0.25, 0.3) is 0 Å². The first-order valence-corrected chi connectivity index (χ1v) is 5.24. The van der Waals surface area contributed by atoms with Crippen LogP contribution in [0.3, 0.4) is 0 Å². The van der Waals surface area contributed by atoms with Crippen LogP contribution in [0.5, 0.6) is 0 Å². The summed E-state index contributed by atoms with van der Waals surface area (Å²) in [7, 11) is 0. The molecule has 0 spiro atoms. The van der Waals surface area contributed by atoms with Gasteiger partial charge in [0.1, 0.15) is 5.82 Å². The molecule has 0 fully saturated rings. The first-order chi connectivity index (χ1) is 7.15. The molecule has 0 amide bonds. The summed E-state index contributed by atoms with van der Waals surface area (Å²) in [5.74, 6) is 0.532. The van der Waals surface area contributed by atoms with E-state index in [-0.39, 0.29) is 6.61 Å². The smallest absolute Gasteiger partial charge is 0.123 e. The third kappa shape index (κ3) is 3.40.